The molecule has 0 aliphatic carbocycles. The predicted octanol–water partition coefficient (Wildman–Crippen LogP) is 2.69. The highest BCUT2D eigenvalue weighted by Gasteiger charge is 2.09. The van der Waals surface area contributed by atoms with Gasteiger partial charge in [0.2, 0.25) is 0 Å². The molecule has 0 spiro atoms. The van der Waals surface area contributed by atoms with E-state index >= 15 is 0 Å². The van der Waals surface area contributed by atoms with Gasteiger partial charge in [-0.25, -0.2) is 9.82 Å². The third-order valence-electron chi connectivity index (χ3n) is 2.73. The number of amides is 1. The number of nitrogens with zero attached hydrogens (tertiary/aromatic N) is 1. The van der Waals surface area contributed by atoms with Crippen molar-refractivity contribution < 1.29 is 14.3 Å². The van der Waals surface area contributed by atoms with E-state index in [4.69, 9.17) is 0 Å². The molecule has 0 unspecified atom stereocenters. The zero-order chi connectivity index (χ0) is 14.5. The normalized spacial score (nSPS) is 11.2. The summed E-state index contributed by atoms with van der Waals surface area (Å²) in [5, 5.41) is 13.1. The summed E-state index contributed by atoms with van der Waals surface area (Å²) in [5.41, 5.74) is 3.54. The van der Waals surface area contributed by atoms with Crippen LogP contribution in [0.1, 0.15) is 22.8 Å². The van der Waals surface area contributed by atoms with Crippen LogP contribution in [0.15, 0.2) is 53.6 Å². The third-order valence-corrected chi connectivity index (χ3v) is 2.73. The molecule has 5 heteroatoms. The second-order valence-corrected chi connectivity index (χ2v) is 4.16. The number of hydrogen-bond donors (Lipinski definition) is 2. The topological polar surface area (TPSA) is 61.7 Å². The largest absolute Gasteiger partial charge is 0.508 e. The summed E-state index contributed by atoms with van der Waals surface area (Å²) in [6.45, 7) is 1.70. The Morgan fingerprint density at radius 3 is 2.45 bits per heavy atom. The number of aromatic hydroxyl groups is 1. The minimum Gasteiger partial charge on any atom is -0.508 e. The highest BCUT2D eigenvalue weighted by Crippen LogP contribution is 2.10. The van der Waals surface area contributed by atoms with Crippen LogP contribution in [0, 0.1) is 5.82 Å². The van der Waals surface area contributed by atoms with Gasteiger partial charge >= 0.3 is 0 Å². The van der Waals surface area contributed by atoms with E-state index in [0.29, 0.717) is 5.71 Å². The summed E-state index contributed by atoms with van der Waals surface area (Å²) in [6.07, 6.45) is 0. The maximum absolute atomic E-state index is 13.4. The molecule has 0 saturated heterocycles. The molecule has 0 atom stereocenters. The standard InChI is InChI=1S/C15H13FN2O2/c1-10(11-6-8-12(19)9-7-11)17-18-15(20)13-4-2-3-5-14(13)16/h2-9,19H,1H3,(H,18,20)/b17-10+. The van der Waals surface area contributed by atoms with Crippen molar-refractivity contribution in [2.45, 2.75) is 6.92 Å². The van der Waals surface area contributed by atoms with Gasteiger partial charge in [-0.2, -0.15) is 5.10 Å². The predicted molar refractivity (Wildman–Crippen MR) is 74.2 cm³/mol. The average Bonchev–Trinajstić information content (AvgIpc) is 2.45. The number of hydrazone groups is 1. The number of benzene rings is 2. The monoisotopic (exact) mass is 272 g/mol. The second kappa shape index (κ2) is 5.97. The molecule has 0 bridgehead atoms. The van der Waals surface area contributed by atoms with E-state index in [-0.39, 0.29) is 11.3 Å². The summed E-state index contributed by atoms with van der Waals surface area (Å²) in [5.74, 6) is -1.05. The van der Waals surface area contributed by atoms with Crippen molar-refractivity contribution in [3.63, 3.8) is 0 Å². The Hall–Kier alpha value is -2.69. The van der Waals surface area contributed by atoms with Crippen molar-refractivity contribution in [2.75, 3.05) is 0 Å². The van der Waals surface area contributed by atoms with E-state index in [1.807, 2.05) is 0 Å². The van der Waals surface area contributed by atoms with Crippen molar-refractivity contribution in [3.8, 4) is 5.75 Å². The Morgan fingerprint density at radius 2 is 1.80 bits per heavy atom. The molecule has 2 N–H and O–H groups in total. The van der Waals surface area contributed by atoms with Crippen molar-refractivity contribution in [1.82, 2.24) is 5.43 Å². The Balaban J connectivity index is 2.11. The summed E-state index contributed by atoms with van der Waals surface area (Å²) < 4.78 is 13.4. The number of carbonyl (C=O) groups is 1. The fourth-order valence-electron chi connectivity index (χ4n) is 1.61. The third kappa shape index (κ3) is 3.20. The molecule has 0 aliphatic heterocycles. The van der Waals surface area contributed by atoms with Gasteiger partial charge in [-0.05, 0) is 48.9 Å². The number of halogens is 1. The first-order valence-electron chi connectivity index (χ1n) is 5.96. The van der Waals surface area contributed by atoms with Crippen molar-refractivity contribution in [2.24, 2.45) is 5.10 Å². The maximum Gasteiger partial charge on any atom is 0.274 e. The lowest BCUT2D eigenvalue weighted by atomic mass is 10.1. The van der Waals surface area contributed by atoms with Gasteiger partial charge in [-0.15, -0.1) is 0 Å². The lowest BCUT2D eigenvalue weighted by Crippen LogP contribution is -2.20. The Labute approximate surface area is 115 Å². The molecule has 2 aromatic rings. The first-order valence-corrected chi connectivity index (χ1v) is 5.96. The van der Waals surface area contributed by atoms with Crippen LogP contribution in [0.25, 0.3) is 0 Å². The van der Waals surface area contributed by atoms with E-state index in [0.717, 1.165) is 5.56 Å². The smallest absolute Gasteiger partial charge is 0.274 e. The Kier molecular flexibility index (Phi) is 4.10. The lowest BCUT2D eigenvalue weighted by Gasteiger charge is -2.04. The molecule has 2 rings (SSSR count). The van der Waals surface area contributed by atoms with Gasteiger partial charge < -0.3 is 5.11 Å². The summed E-state index contributed by atoms with van der Waals surface area (Å²) in [7, 11) is 0. The molecular weight excluding hydrogens is 259 g/mol. The molecule has 0 saturated carbocycles. The van der Waals surface area contributed by atoms with Crippen LogP contribution in [0.5, 0.6) is 5.75 Å². The van der Waals surface area contributed by atoms with Gasteiger partial charge in [0.15, 0.2) is 0 Å². The van der Waals surface area contributed by atoms with Crippen molar-refractivity contribution >= 4 is 11.6 Å². The van der Waals surface area contributed by atoms with Gasteiger partial charge in [0.05, 0.1) is 11.3 Å². The van der Waals surface area contributed by atoms with E-state index < -0.39 is 11.7 Å². The van der Waals surface area contributed by atoms with E-state index in [1.165, 1.54) is 30.3 Å². The molecule has 0 heterocycles. The number of nitrogens with one attached hydrogen (secondary N) is 1. The molecule has 0 fully saturated rings. The van der Waals surface area contributed by atoms with Crippen molar-refractivity contribution in [3.05, 3.63) is 65.5 Å². The number of hydrogen-bond acceptors (Lipinski definition) is 3. The molecule has 20 heavy (non-hydrogen) atoms. The zero-order valence-electron chi connectivity index (χ0n) is 10.8. The van der Waals surface area contributed by atoms with Crippen LogP contribution in [0.2, 0.25) is 0 Å². The zero-order valence-corrected chi connectivity index (χ0v) is 10.8. The molecule has 4 nitrogen and oxygen atoms in total. The molecule has 2 aromatic carbocycles. The maximum atomic E-state index is 13.4. The molecular formula is C15H13FN2O2. The van der Waals surface area contributed by atoms with Crippen LogP contribution in [0.4, 0.5) is 4.39 Å². The first-order chi connectivity index (χ1) is 9.58. The summed E-state index contributed by atoms with van der Waals surface area (Å²) in [4.78, 5) is 11.8. The fraction of sp³-hybridized carbons (Fsp3) is 0.0667. The van der Waals surface area contributed by atoms with Gasteiger partial charge in [0, 0.05) is 0 Å². The van der Waals surface area contributed by atoms with E-state index in [2.05, 4.69) is 10.5 Å². The second-order valence-electron chi connectivity index (χ2n) is 4.16. The molecule has 0 aromatic heterocycles. The lowest BCUT2D eigenvalue weighted by molar-refractivity contribution is 0.0951. The van der Waals surface area contributed by atoms with Crippen LogP contribution >= 0.6 is 0 Å². The minimum absolute atomic E-state index is 0.0604. The number of rotatable bonds is 3. The molecule has 102 valence electrons. The fourth-order valence-corrected chi connectivity index (χ4v) is 1.61. The SMILES string of the molecule is C/C(=N\NC(=O)c1ccccc1F)c1ccc(O)cc1. The van der Waals surface area contributed by atoms with E-state index in [9.17, 15) is 14.3 Å². The summed E-state index contributed by atoms with van der Waals surface area (Å²) in [6, 6.07) is 12.1. The number of carbonyl (C=O) groups excluding carboxylic acids is 1. The minimum atomic E-state index is -0.610. The highest BCUT2D eigenvalue weighted by atomic mass is 19.1. The quantitative estimate of drug-likeness (QED) is 0.666. The van der Waals surface area contributed by atoms with Gasteiger partial charge in [0.25, 0.3) is 5.91 Å². The van der Waals surface area contributed by atoms with Crippen molar-refractivity contribution in [1.29, 1.82) is 0 Å². The first kappa shape index (κ1) is 13.7. The number of phenols is 1. The van der Waals surface area contributed by atoms with Crippen LogP contribution < -0.4 is 5.43 Å². The highest BCUT2D eigenvalue weighted by molar-refractivity contribution is 6.00. The Bertz CT molecular complexity index is 651. The van der Waals surface area contributed by atoms with Crippen LogP contribution in [-0.4, -0.2) is 16.7 Å². The van der Waals surface area contributed by atoms with E-state index in [1.54, 1.807) is 25.1 Å². The Morgan fingerprint density at radius 1 is 1.15 bits per heavy atom. The van der Waals surface area contributed by atoms with Crippen LogP contribution in [0.3, 0.4) is 0 Å². The summed E-state index contributed by atoms with van der Waals surface area (Å²) >= 11 is 0. The van der Waals surface area contributed by atoms with Gasteiger partial charge in [-0.3, -0.25) is 4.79 Å². The molecule has 0 radical (unpaired) electrons. The average molecular weight is 272 g/mol. The molecule has 1 amide bonds. The van der Waals surface area contributed by atoms with Crippen LogP contribution in [-0.2, 0) is 0 Å². The van der Waals surface area contributed by atoms with Gasteiger partial charge in [0.1, 0.15) is 11.6 Å². The number of phenolic OH excluding ortho intramolecular Hbond substituents is 1. The molecule has 0 aliphatic rings. The van der Waals surface area contributed by atoms with Gasteiger partial charge in [-0.1, -0.05) is 12.1 Å².